The molecule has 1 atom stereocenters. The molecule has 0 radical (unpaired) electrons. The number of ether oxygens (including phenoxy) is 1. The number of hydrogen-bond donors (Lipinski definition) is 1. The molecule has 5 heteroatoms. The third-order valence-corrected chi connectivity index (χ3v) is 3.03. The zero-order valence-corrected chi connectivity index (χ0v) is 12.0. The van der Waals surface area contributed by atoms with Crippen molar-refractivity contribution < 1.29 is 9.84 Å². The molecule has 1 unspecified atom stereocenters. The Balaban J connectivity index is 2.12. The molecule has 0 aliphatic carbocycles. The van der Waals surface area contributed by atoms with Crippen LogP contribution in [0.15, 0.2) is 30.5 Å². The highest BCUT2D eigenvalue weighted by molar-refractivity contribution is 5.31. The van der Waals surface area contributed by atoms with E-state index in [-0.39, 0.29) is 0 Å². The molecule has 0 saturated heterocycles. The molecule has 0 saturated carbocycles. The molecule has 2 rings (SSSR count). The normalized spacial score (nSPS) is 12.3. The number of benzene rings is 1. The Morgan fingerprint density at radius 1 is 1.20 bits per heavy atom. The van der Waals surface area contributed by atoms with Crippen LogP contribution in [0.4, 0.5) is 0 Å². The summed E-state index contributed by atoms with van der Waals surface area (Å²) in [5.41, 5.74) is 1.53. The van der Waals surface area contributed by atoms with Crippen molar-refractivity contribution in [1.82, 2.24) is 15.0 Å². The number of aliphatic hydroxyl groups excluding tert-OH is 1. The maximum absolute atomic E-state index is 10.4. The van der Waals surface area contributed by atoms with E-state index in [0.29, 0.717) is 12.3 Å². The molecule has 0 amide bonds. The number of nitrogens with zero attached hydrogens (tertiary/aromatic N) is 3. The van der Waals surface area contributed by atoms with Gasteiger partial charge in [-0.05, 0) is 30.5 Å². The molecule has 2 aromatic rings. The molecule has 20 heavy (non-hydrogen) atoms. The lowest BCUT2D eigenvalue weighted by atomic mass is 10.1. The van der Waals surface area contributed by atoms with Crippen molar-refractivity contribution >= 4 is 0 Å². The van der Waals surface area contributed by atoms with Gasteiger partial charge in [0.15, 0.2) is 0 Å². The van der Waals surface area contributed by atoms with Crippen LogP contribution in [-0.4, -0.2) is 26.7 Å². The van der Waals surface area contributed by atoms with E-state index in [4.69, 9.17) is 4.74 Å². The minimum absolute atomic E-state index is 0.703. The highest BCUT2D eigenvalue weighted by Gasteiger charge is 2.16. The molecule has 1 N–H and O–H groups in total. The van der Waals surface area contributed by atoms with Gasteiger partial charge in [0.2, 0.25) is 0 Å². The van der Waals surface area contributed by atoms with Crippen molar-refractivity contribution in [2.45, 2.75) is 39.3 Å². The fraction of sp³-hybridized carbons (Fsp3) is 0.467. The van der Waals surface area contributed by atoms with Crippen LogP contribution in [0.1, 0.15) is 44.1 Å². The minimum Gasteiger partial charge on any atom is -0.494 e. The standard InChI is InChI=1S/C15H21N3O2/c1-3-9-18-14(11-16-17-18)15(19)12-5-7-13(8-6-12)20-10-4-2/h5-8,11,15,19H,3-4,9-10H2,1-2H3. The molecular formula is C15H21N3O2. The number of aryl methyl sites for hydroxylation is 1. The van der Waals surface area contributed by atoms with Gasteiger partial charge >= 0.3 is 0 Å². The second-order valence-electron chi connectivity index (χ2n) is 4.70. The first kappa shape index (κ1) is 14.5. The van der Waals surface area contributed by atoms with Crippen molar-refractivity contribution in [3.8, 4) is 5.75 Å². The molecule has 0 aliphatic rings. The van der Waals surface area contributed by atoms with Crippen molar-refractivity contribution in [1.29, 1.82) is 0 Å². The Hall–Kier alpha value is -1.88. The van der Waals surface area contributed by atoms with Gasteiger partial charge in [-0.3, -0.25) is 0 Å². The fourth-order valence-electron chi connectivity index (χ4n) is 2.00. The summed E-state index contributed by atoms with van der Waals surface area (Å²) in [5, 5.41) is 18.3. The highest BCUT2D eigenvalue weighted by Crippen LogP contribution is 2.23. The summed E-state index contributed by atoms with van der Waals surface area (Å²) in [5.74, 6) is 0.822. The lowest BCUT2D eigenvalue weighted by Gasteiger charge is -2.13. The van der Waals surface area contributed by atoms with Gasteiger partial charge in [0.05, 0.1) is 18.5 Å². The average Bonchev–Trinajstić information content (AvgIpc) is 2.93. The van der Waals surface area contributed by atoms with Crippen LogP contribution in [0.5, 0.6) is 5.75 Å². The topological polar surface area (TPSA) is 60.2 Å². The Morgan fingerprint density at radius 2 is 1.95 bits per heavy atom. The maximum Gasteiger partial charge on any atom is 0.122 e. The largest absolute Gasteiger partial charge is 0.494 e. The van der Waals surface area contributed by atoms with Crippen LogP contribution in [0, 0.1) is 0 Å². The summed E-state index contributed by atoms with van der Waals surface area (Å²) in [4.78, 5) is 0. The molecule has 108 valence electrons. The highest BCUT2D eigenvalue weighted by atomic mass is 16.5. The van der Waals surface area contributed by atoms with Crippen molar-refractivity contribution in [2.24, 2.45) is 0 Å². The Morgan fingerprint density at radius 3 is 2.60 bits per heavy atom. The van der Waals surface area contributed by atoms with Crippen LogP contribution in [0.25, 0.3) is 0 Å². The maximum atomic E-state index is 10.4. The molecule has 0 bridgehead atoms. The second kappa shape index (κ2) is 7.05. The quantitative estimate of drug-likeness (QED) is 0.843. The van der Waals surface area contributed by atoms with Gasteiger partial charge in [-0.25, -0.2) is 4.68 Å². The Bertz CT molecular complexity index is 522. The second-order valence-corrected chi connectivity index (χ2v) is 4.70. The van der Waals surface area contributed by atoms with Gasteiger partial charge in [0, 0.05) is 6.54 Å². The van der Waals surface area contributed by atoms with Gasteiger partial charge in [0.1, 0.15) is 11.9 Å². The van der Waals surface area contributed by atoms with Gasteiger partial charge in [-0.15, -0.1) is 5.10 Å². The van der Waals surface area contributed by atoms with E-state index < -0.39 is 6.10 Å². The molecular weight excluding hydrogens is 254 g/mol. The van der Waals surface area contributed by atoms with Gasteiger partial charge < -0.3 is 9.84 Å². The molecule has 1 heterocycles. The summed E-state index contributed by atoms with van der Waals surface area (Å²) in [6.45, 7) is 5.59. The predicted octanol–water partition coefficient (Wildman–Crippen LogP) is 2.56. The van der Waals surface area contributed by atoms with Crippen LogP contribution < -0.4 is 4.74 Å². The van der Waals surface area contributed by atoms with E-state index in [1.807, 2.05) is 24.3 Å². The average molecular weight is 275 g/mol. The predicted molar refractivity (Wildman–Crippen MR) is 76.6 cm³/mol. The number of aromatic nitrogens is 3. The van der Waals surface area contributed by atoms with Gasteiger partial charge in [-0.1, -0.05) is 31.2 Å². The molecule has 5 nitrogen and oxygen atoms in total. The summed E-state index contributed by atoms with van der Waals surface area (Å²) >= 11 is 0. The number of rotatable bonds is 7. The first-order valence-electron chi connectivity index (χ1n) is 7.05. The number of aliphatic hydroxyl groups is 1. The van der Waals surface area contributed by atoms with E-state index >= 15 is 0 Å². The minimum atomic E-state index is -0.711. The van der Waals surface area contributed by atoms with E-state index in [1.165, 1.54) is 0 Å². The van der Waals surface area contributed by atoms with Crippen LogP contribution in [0.2, 0.25) is 0 Å². The molecule has 0 spiro atoms. The van der Waals surface area contributed by atoms with Crippen molar-refractivity contribution in [3.63, 3.8) is 0 Å². The zero-order chi connectivity index (χ0) is 14.4. The smallest absolute Gasteiger partial charge is 0.122 e. The first-order valence-corrected chi connectivity index (χ1v) is 7.05. The summed E-state index contributed by atoms with van der Waals surface area (Å²) in [7, 11) is 0. The van der Waals surface area contributed by atoms with Crippen LogP contribution in [0.3, 0.4) is 0 Å². The monoisotopic (exact) mass is 275 g/mol. The SMILES string of the molecule is CCCOc1ccc(C(O)c2cnnn2CCC)cc1. The van der Waals surface area contributed by atoms with Crippen LogP contribution >= 0.6 is 0 Å². The number of hydrogen-bond acceptors (Lipinski definition) is 4. The lowest BCUT2D eigenvalue weighted by Crippen LogP contribution is -2.10. The third kappa shape index (κ3) is 3.36. The summed E-state index contributed by atoms with van der Waals surface area (Å²) < 4.78 is 7.27. The van der Waals surface area contributed by atoms with Crippen molar-refractivity contribution in [3.05, 3.63) is 41.7 Å². The summed E-state index contributed by atoms with van der Waals surface area (Å²) in [6, 6.07) is 7.50. The van der Waals surface area contributed by atoms with E-state index in [9.17, 15) is 5.11 Å². The third-order valence-electron chi connectivity index (χ3n) is 3.03. The Kier molecular flexibility index (Phi) is 5.12. The zero-order valence-electron chi connectivity index (χ0n) is 12.0. The van der Waals surface area contributed by atoms with Gasteiger partial charge in [0.25, 0.3) is 0 Å². The summed E-state index contributed by atoms with van der Waals surface area (Å²) in [6.07, 6.45) is 2.83. The van der Waals surface area contributed by atoms with Crippen molar-refractivity contribution in [2.75, 3.05) is 6.61 Å². The van der Waals surface area contributed by atoms with Crippen LogP contribution in [-0.2, 0) is 6.54 Å². The Labute approximate surface area is 119 Å². The van der Waals surface area contributed by atoms with Gasteiger partial charge in [-0.2, -0.15) is 0 Å². The van der Waals surface area contributed by atoms with E-state index in [1.54, 1.807) is 10.9 Å². The molecule has 0 fully saturated rings. The fourth-order valence-corrected chi connectivity index (χ4v) is 2.00. The molecule has 0 aliphatic heterocycles. The first-order chi connectivity index (χ1) is 9.76. The molecule has 1 aromatic heterocycles. The van der Waals surface area contributed by atoms with E-state index in [2.05, 4.69) is 24.2 Å². The van der Waals surface area contributed by atoms with E-state index in [0.717, 1.165) is 30.7 Å². The lowest BCUT2D eigenvalue weighted by molar-refractivity contribution is 0.207. The molecule has 1 aromatic carbocycles.